The Bertz CT molecular complexity index is 594. The SMILES string of the molecule is O=S(=O)(O)c1nc[n+]([O-])c2nc[nH]c12.[K+]. The Hall–Kier alpha value is -0.104. The van der Waals surface area contributed by atoms with Crippen LogP contribution in [0.3, 0.4) is 0 Å². The number of nitrogens with one attached hydrogen (secondary N) is 1. The Morgan fingerprint density at radius 3 is 2.73 bits per heavy atom. The molecule has 8 nitrogen and oxygen atoms in total. The summed E-state index contributed by atoms with van der Waals surface area (Å²) in [4.78, 5) is 9.26. The molecule has 0 aliphatic heterocycles. The summed E-state index contributed by atoms with van der Waals surface area (Å²) in [7, 11) is -4.45. The van der Waals surface area contributed by atoms with E-state index in [-0.39, 0.29) is 62.5 Å². The maximum atomic E-state index is 11.0. The number of imidazole rings is 1. The number of aromatic amines is 1. The number of H-pyrrole nitrogens is 1. The molecule has 74 valence electrons. The van der Waals surface area contributed by atoms with Crippen molar-refractivity contribution in [1.82, 2.24) is 15.0 Å². The molecule has 15 heavy (non-hydrogen) atoms. The number of rotatable bonds is 1. The minimum absolute atomic E-state index is 0. The van der Waals surface area contributed by atoms with E-state index in [1.165, 1.54) is 0 Å². The summed E-state index contributed by atoms with van der Waals surface area (Å²) in [6, 6.07) is 0. The van der Waals surface area contributed by atoms with Crippen molar-refractivity contribution in [1.29, 1.82) is 0 Å². The van der Waals surface area contributed by atoms with E-state index in [9.17, 15) is 13.6 Å². The average molecular weight is 255 g/mol. The molecule has 2 rings (SSSR count). The fourth-order valence-corrected chi connectivity index (χ4v) is 1.62. The number of fused-ring (bicyclic) bond motifs is 1. The normalized spacial score (nSPS) is 11.3. The molecule has 0 spiro atoms. The van der Waals surface area contributed by atoms with Crippen molar-refractivity contribution in [3.63, 3.8) is 0 Å². The van der Waals surface area contributed by atoms with Crippen LogP contribution in [0.5, 0.6) is 0 Å². The molecule has 2 aromatic rings. The predicted molar refractivity (Wildman–Crippen MR) is 42.7 cm³/mol. The Morgan fingerprint density at radius 1 is 1.47 bits per heavy atom. The molecule has 2 aromatic heterocycles. The first kappa shape index (κ1) is 13.0. The van der Waals surface area contributed by atoms with E-state index in [1.807, 2.05) is 0 Å². The van der Waals surface area contributed by atoms with Crippen LogP contribution in [-0.2, 0) is 10.1 Å². The second kappa shape index (κ2) is 4.41. The number of hydrogen-bond acceptors (Lipinski definition) is 5. The van der Waals surface area contributed by atoms with Crippen molar-refractivity contribution in [2.45, 2.75) is 5.03 Å². The molecule has 0 saturated carbocycles. The number of hydrogen-bond donors (Lipinski definition) is 2. The quantitative estimate of drug-likeness (QED) is 0.175. The van der Waals surface area contributed by atoms with Gasteiger partial charge in [0.05, 0.1) is 0 Å². The van der Waals surface area contributed by atoms with E-state index >= 15 is 0 Å². The van der Waals surface area contributed by atoms with Gasteiger partial charge in [-0.2, -0.15) is 8.42 Å². The average Bonchev–Trinajstić information content (AvgIpc) is 2.50. The van der Waals surface area contributed by atoms with Crippen LogP contribution < -0.4 is 56.1 Å². The standard InChI is InChI=1S/C5H4N4O4S.K/c10-9-2-8-5(14(11,12)13)3-4(9)7-1-6-3;/h1-2H,(H,6,7)(H,11,12,13);/q;+1. The van der Waals surface area contributed by atoms with Crippen LogP contribution in [0.25, 0.3) is 11.2 Å². The molecular weight excluding hydrogens is 251 g/mol. The van der Waals surface area contributed by atoms with E-state index in [0.717, 1.165) is 6.33 Å². The minimum atomic E-state index is -4.45. The smallest absolute Gasteiger partial charge is 0.740 e. The summed E-state index contributed by atoms with van der Waals surface area (Å²) in [5, 5.41) is 10.4. The summed E-state index contributed by atoms with van der Waals surface area (Å²) in [6.45, 7) is 0. The fraction of sp³-hybridized carbons (Fsp3) is 0. The molecule has 0 bridgehead atoms. The second-order valence-corrected chi connectivity index (χ2v) is 3.79. The Balaban J connectivity index is 0.00000112. The molecule has 0 aromatic carbocycles. The summed E-state index contributed by atoms with van der Waals surface area (Å²) in [5.74, 6) is 0. The minimum Gasteiger partial charge on any atom is -0.740 e. The van der Waals surface area contributed by atoms with E-state index in [4.69, 9.17) is 4.55 Å². The maximum absolute atomic E-state index is 11.0. The third kappa shape index (κ3) is 2.36. The van der Waals surface area contributed by atoms with Gasteiger partial charge in [0, 0.05) is 0 Å². The van der Waals surface area contributed by atoms with E-state index in [0.29, 0.717) is 11.1 Å². The van der Waals surface area contributed by atoms with Crippen molar-refractivity contribution in [3.05, 3.63) is 17.9 Å². The zero-order valence-corrected chi connectivity index (χ0v) is 11.5. The van der Waals surface area contributed by atoms with Gasteiger partial charge in [-0.1, -0.05) is 9.97 Å². The molecular formula is C5H4KN4O4S+. The van der Waals surface area contributed by atoms with Crippen LogP contribution >= 0.6 is 0 Å². The van der Waals surface area contributed by atoms with Crippen LogP contribution in [0.2, 0.25) is 0 Å². The van der Waals surface area contributed by atoms with Crippen molar-refractivity contribution in [3.8, 4) is 0 Å². The molecule has 0 amide bonds. The maximum Gasteiger partial charge on any atom is 1.00 e. The van der Waals surface area contributed by atoms with Gasteiger partial charge in [0.2, 0.25) is 6.33 Å². The second-order valence-electron chi connectivity index (χ2n) is 2.45. The van der Waals surface area contributed by atoms with Crippen LogP contribution in [0.15, 0.2) is 17.7 Å². The molecule has 0 atom stereocenters. The Labute approximate surface area is 126 Å². The third-order valence-corrected chi connectivity index (χ3v) is 2.36. The predicted octanol–water partition coefficient (Wildman–Crippen LogP) is -4.16. The largest absolute Gasteiger partial charge is 1.00 e. The Morgan fingerprint density at radius 2 is 2.13 bits per heavy atom. The number of aromatic nitrogens is 4. The molecule has 2 N–H and O–H groups in total. The van der Waals surface area contributed by atoms with Crippen LogP contribution in [0, 0.1) is 5.21 Å². The Kier molecular flexibility index (Phi) is 3.81. The zero-order chi connectivity index (χ0) is 10.3. The first-order valence-electron chi connectivity index (χ1n) is 3.39. The first-order chi connectivity index (χ1) is 6.50. The van der Waals surface area contributed by atoms with Crippen LogP contribution in [0.1, 0.15) is 0 Å². The molecule has 0 radical (unpaired) electrons. The summed E-state index contributed by atoms with van der Waals surface area (Å²) >= 11 is 0. The summed E-state index contributed by atoms with van der Waals surface area (Å²) < 4.78 is 30.6. The van der Waals surface area contributed by atoms with Gasteiger partial charge < -0.3 is 10.2 Å². The van der Waals surface area contributed by atoms with Crippen LogP contribution in [-0.4, -0.2) is 27.9 Å². The molecule has 2 heterocycles. The summed E-state index contributed by atoms with van der Waals surface area (Å²) in [6.07, 6.45) is 1.85. The molecule has 0 aliphatic rings. The van der Waals surface area contributed by atoms with Crippen LogP contribution in [0.4, 0.5) is 0 Å². The fourth-order valence-electron chi connectivity index (χ4n) is 1.03. The monoisotopic (exact) mass is 255 g/mol. The molecule has 0 unspecified atom stereocenters. The number of nitrogens with zero attached hydrogens (tertiary/aromatic N) is 3. The molecule has 0 saturated heterocycles. The van der Waals surface area contributed by atoms with E-state index in [2.05, 4.69) is 15.0 Å². The zero-order valence-electron chi connectivity index (χ0n) is 7.58. The van der Waals surface area contributed by atoms with Crippen molar-refractivity contribution in [2.24, 2.45) is 0 Å². The van der Waals surface area contributed by atoms with Gasteiger partial charge in [-0.15, -0.1) is 0 Å². The molecule has 0 aliphatic carbocycles. The van der Waals surface area contributed by atoms with Gasteiger partial charge in [-0.25, -0.2) is 4.73 Å². The third-order valence-electron chi connectivity index (χ3n) is 1.57. The van der Waals surface area contributed by atoms with Crippen molar-refractivity contribution < 1.29 is 69.1 Å². The van der Waals surface area contributed by atoms with Gasteiger partial charge >= 0.3 is 61.5 Å². The topological polar surface area (TPSA) is 123 Å². The first-order valence-corrected chi connectivity index (χ1v) is 4.83. The molecule has 0 fully saturated rings. The van der Waals surface area contributed by atoms with Crippen molar-refractivity contribution in [2.75, 3.05) is 0 Å². The van der Waals surface area contributed by atoms with Gasteiger partial charge in [-0.05, 0) is 0 Å². The van der Waals surface area contributed by atoms with Gasteiger partial charge in [0.25, 0.3) is 10.7 Å². The van der Waals surface area contributed by atoms with Gasteiger partial charge in [0.1, 0.15) is 0 Å². The molecule has 10 heteroatoms. The summed E-state index contributed by atoms with van der Waals surface area (Å²) in [5.41, 5.74) is -0.266. The van der Waals surface area contributed by atoms with E-state index < -0.39 is 15.1 Å². The van der Waals surface area contributed by atoms with Gasteiger partial charge in [0.15, 0.2) is 11.8 Å². The van der Waals surface area contributed by atoms with Gasteiger partial charge in [-0.3, -0.25) is 4.55 Å². The van der Waals surface area contributed by atoms with E-state index in [1.54, 1.807) is 0 Å². The van der Waals surface area contributed by atoms with Crippen molar-refractivity contribution >= 4 is 21.3 Å².